The third kappa shape index (κ3) is 3.98. The number of ether oxygens (including phenoxy) is 3. The first kappa shape index (κ1) is 22.6. The highest BCUT2D eigenvalue weighted by atomic mass is 32.1. The number of rotatable bonds is 8. The van der Waals surface area contributed by atoms with E-state index in [0.717, 1.165) is 39.3 Å². The second-order valence-corrected chi connectivity index (χ2v) is 10.6. The Morgan fingerprint density at radius 2 is 1.92 bits per heavy atom. The second kappa shape index (κ2) is 8.96. The van der Waals surface area contributed by atoms with Crippen molar-refractivity contribution in [2.45, 2.75) is 20.0 Å². The molecule has 0 saturated carbocycles. The lowest BCUT2D eigenvalue weighted by Crippen LogP contribution is -2.46. The molecule has 5 aromatic heterocycles. The van der Waals surface area contributed by atoms with Crippen molar-refractivity contribution in [3.05, 3.63) is 35.1 Å². The summed E-state index contributed by atoms with van der Waals surface area (Å²) < 4.78 is 20.3. The van der Waals surface area contributed by atoms with Gasteiger partial charge in [0, 0.05) is 36.4 Å². The van der Waals surface area contributed by atoms with Gasteiger partial charge in [-0.25, -0.2) is 19.0 Å². The van der Waals surface area contributed by atoms with Gasteiger partial charge in [-0.1, -0.05) is 0 Å². The fourth-order valence-corrected chi connectivity index (χ4v) is 5.72. The first-order valence-corrected chi connectivity index (χ1v) is 12.9. The van der Waals surface area contributed by atoms with Gasteiger partial charge in [0.05, 0.1) is 38.4 Å². The molecule has 5 aromatic rings. The number of nitriles is 1. The molecule has 0 N–H and O–H groups in total. The van der Waals surface area contributed by atoms with Crippen LogP contribution in [-0.4, -0.2) is 56.5 Å². The van der Waals surface area contributed by atoms with Crippen LogP contribution < -0.4 is 19.1 Å². The summed E-state index contributed by atoms with van der Waals surface area (Å²) >= 11 is 3.02. The van der Waals surface area contributed by atoms with Gasteiger partial charge >= 0.3 is 0 Å². The van der Waals surface area contributed by atoms with Gasteiger partial charge in [-0.3, -0.25) is 0 Å². The predicted molar refractivity (Wildman–Crippen MR) is 135 cm³/mol. The number of nitrogens with zero attached hydrogens (tertiary/aromatic N) is 8. The lowest BCUT2D eigenvalue weighted by Gasteiger charge is -2.37. The smallest absolute Gasteiger partial charge is 0.294 e. The van der Waals surface area contributed by atoms with E-state index in [1.54, 1.807) is 40.8 Å². The summed E-state index contributed by atoms with van der Waals surface area (Å²) in [4.78, 5) is 13.5. The van der Waals surface area contributed by atoms with E-state index >= 15 is 0 Å². The molecular formula is C23H22N8O3S2. The van der Waals surface area contributed by atoms with Crippen LogP contribution in [0.3, 0.4) is 0 Å². The number of imidazole rings is 1. The van der Waals surface area contributed by atoms with Crippen molar-refractivity contribution in [2.75, 3.05) is 32.2 Å². The molecule has 1 saturated heterocycles. The van der Waals surface area contributed by atoms with Crippen LogP contribution in [0, 0.1) is 24.2 Å². The molecular weight excluding hydrogens is 500 g/mol. The Bertz CT molecular complexity index is 1570. The van der Waals surface area contributed by atoms with Crippen molar-refractivity contribution in [3.63, 3.8) is 0 Å². The average molecular weight is 523 g/mol. The fourth-order valence-electron chi connectivity index (χ4n) is 4.09. The van der Waals surface area contributed by atoms with E-state index in [1.807, 2.05) is 18.3 Å². The number of pyridine rings is 1. The van der Waals surface area contributed by atoms with Crippen LogP contribution >= 0.6 is 22.7 Å². The quantitative estimate of drug-likeness (QED) is 0.300. The summed E-state index contributed by atoms with van der Waals surface area (Å²) in [6.07, 6.45) is 4.22. The number of thiazole rings is 1. The monoisotopic (exact) mass is 522 g/mol. The zero-order chi connectivity index (χ0) is 24.8. The van der Waals surface area contributed by atoms with E-state index in [4.69, 9.17) is 29.6 Å². The molecule has 0 amide bonds. The molecule has 1 fully saturated rings. The Labute approximate surface area is 214 Å². The molecule has 6 rings (SSSR count). The minimum Gasteiger partial charge on any atom is -0.495 e. The molecule has 0 bridgehead atoms. The van der Waals surface area contributed by atoms with E-state index in [9.17, 15) is 0 Å². The lowest BCUT2D eigenvalue weighted by atomic mass is 9.98. The molecule has 1 aliphatic rings. The second-order valence-electron chi connectivity index (χ2n) is 8.45. The summed E-state index contributed by atoms with van der Waals surface area (Å²) in [7, 11) is 3.20. The van der Waals surface area contributed by atoms with Gasteiger partial charge in [0.15, 0.2) is 5.13 Å². The fraction of sp³-hybridized carbons (Fsp3) is 0.348. The van der Waals surface area contributed by atoms with Crippen LogP contribution in [0.1, 0.15) is 17.0 Å². The molecule has 13 heteroatoms. The van der Waals surface area contributed by atoms with Crippen molar-refractivity contribution in [2.24, 2.45) is 5.92 Å². The predicted octanol–water partition coefficient (Wildman–Crippen LogP) is 3.82. The Kier molecular flexibility index (Phi) is 5.62. The number of methoxy groups -OCH3 is 2. The van der Waals surface area contributed by atoms with E-state index in [1.165, 1.54) is 11.3 Å². The summed E-state index contributed by atoms with van der Waals surface area (Å²) in [6, 6.07) is 6.04. The maximum absolute atomic E-state index is 8.88. The van der Waals surface area contributed by atoms with E-state index in [2.05, 4.69) is 28.0 Å². The van der Waals surface area contributed by atoms with Gasteiger partial charge in [-0.15, -0.1) is 16.4 Å². The standard InChI is InChI=1S/C23H22N8O3S2/c1-13-18(26-21(35-13)29-8-14(9-29)4-5-24)12-34-20-6-15(32-2)10-30-19(20)7-16(27-30)17-11-31-22(25-17)36-23(28-31)33-3/h6-7,10-11,14H,4,8-9,12H2,1-3H3. The van der Waals surface area contributed by atoms with Crippen LogP contribution in [0.2, 0.25) is 0 Å². The Hall–Kier alpha value is -3.89. The molecule has 0 aliphatic carbocycles. The minimum atomic E-state index is 0.324. The minimum absolute atomic E-state index is 0.324. The van der Waals surface area contributed by atoms with Crippen LogP contribution in [0.15, 0.2) is 24.5 Å². The molecule has 0 aromatic carbocycles. The summed E-state index contributed by atoms with van der Waals surface area (Å²) in [5.41, 5.74) is 3.09. The van der Waals surface area contributed by atoms with Gasteiger partial charge in [0.1, 0.15) is 35.0 Å². The van der Waals surface area contributed by atoms with Crippen molar-refractivity contribution in [1.82, 2.24) is 29.2 Å². The molecule has 184 valence electrons. The topological polar surface area (TPSA) is 115 Å². The maximum Gasteiger partial charge on any atom is 0.294 e. The van der Waals surface area contributed by atoms with Gasteiger partial charge < -0.3 is 19.1 Å². The first-order valence-electron chi connectivity index (χ1n) is 11.2. The Morgan fingerprint density at radius 3 is 2.67 bits per heavy atom. The number of aryl methyl sites for hydroxylation is 1. The Morgan fingerprint density at radius 1 is 1.06 bits per heavy atom. The molecule has 0 spiro atoms. The van der Waals surface area contributed by atoms with Gasteiger partial charge in [-0.2, -0.15) is 10.4 Å². The van der Waals surface area contributed by atoms with Gasteiger partial charge in [0.25, 0.3) is 5.19 Å². The highest BCUT2D eigenvalue weighted by Gasteiger charge is 2.29. The van der Waals surface area contributed by atoms with Crippen molar-refractivity contribution in [3.8, 4) is 34.1 Å². The average Bonchev–Trinajstić information content (AvgIpc) is 3.60. The van der Waals surface area contributed by atoms with Crippen LogP contribution in [0.25, 0.3) is 21.9 Å². The number of anilines is 1. The number of fused-ring (bicyclic) bond motifs is 2. The van der Waals surface area contributed by atoms with Crippen LogP contribution in [0.4, 0.5) is 5.13 Å². The van der Waals surface area contributed by atoms with Crippen molar-refractivity contribution in [1.29, 1.82) is 5.26 Å². The largest absolute Gasteiger partial charge is 0.495 e. The summed E-state index contributed by atoms with van der Waals surface area (Å²) in [5, 5.41) is 19.4. The number of hydrogen-bond acceptors (Lipinski definition) is 11. The number of aromatic nitrogens is 6. The normalized spacial score (nSPS) is 13.8. The number of hydrogen-bond donors (Lipinski definition) is 0. The van der Waals surface area contributed by atoms with E-state index < -0.39 is 0 Å². The van der Waals surface area contributed by atoms with Crippen molar-refractivity contribution < 1.29 is 14.2 Å². The summed E-state index contributed by atoms with van der Waals surface area (Å²) in [6.45, 7) is 4.14. The third-order valence-corrected chi connectivity index (χ3v) is 8.02. The SMILES string of the molecule is COc1cc(OCc2nc(N3CC(CC#N)C3)sc2C)c2cc(-c3cn4nc(OC)sc4n3)nn2c1. The van der Waals surface area contributed by atoms with E-state index in [-0.39, 0.29) is 0 Å². The lowest BCUT2D eigenvalue weighted by molar-refractivity contribution is 0.300. The van der Waals surface area contributed by atoms with Crippen LogP contribution in [-0.2, 0) is 6.61 Å². The highest BCUT2D eigenvalue weighted by molar-refractivity contribution is 7.18. The zero-order valence-electron chi connectivity index (χ0n) is 19.8. The molecule has 1 aliphatic heterocycles. The first-order chi connectivity index (χ1) is 17.5. The molecule has 0 unspecified atom stereocenters. The van der Waals surface area contributed by atoms with E-state index in [0.29, 0.717) is 47.0 Å². The zero-order valence-corrected chi connectivity index (χ0v) is 21.5. The van der Waals surface area contributed by atoms with Crippen LogP contribution in [0.5, 0.6) is 16.7 Å². The summed E-state index contributed by atoms with van der Waals surface area (Å²) in [5.74, 6) is 1.70. The molecule has 11 nitrogen and oxygen atoms in total. The maximum atomic E-state index is 8.88. The van der Waals surface area contributed by atoms with Gasteiger partial charge in [-0.05, 0) is 24.3 Å². The van der Waals surface area contributed by atoms with Crippen molar-refractivity contribution >= 4 is 38.3 Å². The molecule has 0 atom stereocenters. The molecule has 36 heavy (non-hydrogen) atoms. The Balaban J connectivity index is 1.25. The molecule has 0 radical (unpaired) electrons. The molecule has 6 heterocycles. The van der Waals surface area contributed by atoms with Gasteiger partial charge in [0.2, 0.25) is 4.96 Å². The third-order valence-electron chi connectivity index (χ3n) is 6.06. The highest BCUT2D eigenvalue weighted by Crippen LogP contribution is 2.34.